The van der Waals surface area contributed by atoms with E-state index in [9.17, 15) is 4.79 Å². The minimum Gasteiger partial charge on any atom is -0.466 e. The monoisotopic (exact) mass is 254 g/mol. The summed E-state index contributed by atoms with van der Waals surface area (Å²) < 4.78 is 5.56. The van der Waals surface area contributed by atoms with Crippen LogP contribution in [-0.4, -0.2) is 26.9 Å². The molecular formula is C9H10BBrNO2. The summed E-state index contributed by atoms with van der Waals surface area (Å²) in [4.78, 5) is 11.2. The quantitative estimate of drug-likeness (QED) is 0.462. The predicted molar refractivity (Wildman–Crippen MR) is 60.0 cm³/mol. The molecule has 1 aliphatic rings. The zero-order chi connectivity index (χ0) is 10.6. The van der Waals surface area contributed by atoms with Crippen LogP contribution in [0.5, 0.6) is 0 Å². The maximum Gasteiger partial charge on any atom is 0.335 e. The average molecular weight is 255 g/mol. The molecule has 5 heteroatoms. The fraction of sp³-hybridized carbons (Fsp3) is 0.222. The van der Waals surface area contributed by atoms with Gasteiger partial charge in [0.15, 0.2) is 0 Å². The third-order valence-corrected chi connectivity index (χ3v) is 2.24. The van der Waals surface area contributed by atoms with Crippen LogP contribution < -0.4 is 5.73 Å². The summed E-state index contributed by atoms with van der Waals surface area (Å²) >= 11 is 3.32. The van der Waals surface area contributed by atoms with Gasteiger partial charge in [-0.2, -0.15) is 0 Å². The zero-order valence-corrected chi connectivity index (χ0v) is 9.37. The van der Waals surface area contributed by atoms with E-state index >= 15 is 0 Å². The standard InChI is InChI=1S/C9H10BBrNO2/c1-14-9(13)6(5-12)4-7-2-3-8(11)10-7/h2-4H,5,12H2,1H3/b6-4+. The van der Waals surface area contributed by atoms with Crippen LogP contribution in [0.1, 0.15) is 0 Å². The van der Waals surface area contributed by atoms with E-state index in [0.717, 1.165) is 9.85 Å². The van der Waals surface area contributed by atoms with E-state index < -0.39 is 0 Å². The van der Waals surface area contributed by atoms with Crippen molar-refractivity contribution in [2.45, 2.75) is 0 Å². The van der Waals surface area contributed by atoms with Gasteiger partial charge in [-0.05, 0) is 4.38 Å². The van der Waals surface area contributed by atoms with Gasteiger partial charge in [-0.25, -0.2) is 4.79 Å². The number of allylic oxidation sites excluding steroid dienone is 4. The van der Waals surface area contributed by atoms with Crippen molar-refractivity contribution in [2.24, 2.45) is 5.73 Å². The van der Waals surface area contributed by atoms with Crippen molar-refractivity contribution in [2.75, 3.05) is 13.7 Å². The molecule has 0 aromatic rings. The highest BCUT2D eigenvalue weighted by atomic mass is 79.9. The van der Waals surface area contributed by atoms with Gasteiger partial charge in [0.05, 0.1) is 12.7 Å². The highest BCUT2D eigenvalue weighted by Gasteiger charge is 2.11. The Morgan fingerprint density at radius 1 is 1.71 bits per heavy atom. The first-order valence-electron chi connectivity index (χ1n) is 4.08. The van der Waals surface area contributed by atoms with Gasteiger partial charge in [0.25, 0.3) is 0 Å². The number of esters is 1. The molecule has 0 amide bonds. The molecule has 0 saturated carbocycles. The predicted octanol–water partition coefficient (Wildman–Crippen LogP) is 0.882. The number of ether oxygens (including phenoxy) is 1. The number of hydrogen-bond donors (Lipinski definition) is 1. The largest absolute Gasteiger partial charge is 0.466 e. The molecule has 0 unspecified atom stereocenters. The molecule has 3 nitrogen and oxygen atoms in total. The Hall–Kier alpha value is -0.805. The van der Waals surface area contributed by atoms with Gasteiger partial charge in [-0.1, -0.05) is 39.6 Å². The summed E-state index contributed by atoms with van der Waals surface area (Å²) in [5.74, 6) is -0.384. The summed E-state index contributed by atoms with van der Waals surface area (Å²) in [7, 11) is 3.24. The van der Waals surface area contributed by atoms with Crippen LogP contribution >= 0.6 is 15.9 Å². The maximum atomic E-state index is 11.2. The zero-order valence-electron chi connectivity index (χ0n) is 7.79. The Balaban J connectivity index is 2.71. The van der Waals surface area contributed by atoms with Crippen LogP contribution in [0.3, 0.4) is 0 Å². The Morgan fingerprint density at radius 3 is 2.86 bits per heavy atom. The summed E-state index contributed by atoms with van der Waals surface area (Å²) in [6.07, 6.45) is 5.51. The van der Waals surface area contributed by atoms with Crippen molar-refractivity contribution in [3.63, 3.8) is 0 Å². The first kappa shape index (κ1) is 11.3. The fourth-order valence-electron chi connectivity index (χ4n) is 1.05. The molecule has 0 saturated heterocycles. The molecule has 0 bridgehead atoms. The molecule has 0 aliphatic carbocycles. The molecule has 1 heterocycles. The van der Waals surface area contributed by atoms with Crippen LogP contribution in [0.25, 0.3) is 0 Å². The number of rotatable bonds is 3. The third-order valence-electron chi connectivity index (χ3n) is 1.75. The van der Waals surface area contributed by atoms with Gasteiger partial charge in [-0.3, -0.25) is 0 Å². The molecule has 73 valence electrons. The van der Waals surface area contributed by atoms with Crippen LogP contribution in [-0.2, 0) is 9.53 Å². The molecule has 1 radical (unpaired) electrons. The smallest absolute Gasteiger partial charge is 0.335 e. The molecule has 14 heavy (non-hydrogen) atoms. The Morgan fingerprint density at radius 2 is 2.43 bits per heavy atom. The van der Waals surface area contributed by atoms with Gasteiger partial charge >= 0.3 is 5.97 Å². The first-order chi connectivity index (χ1) is 6.67. The van der Waals surface area contributed by atoms with Crippen molar-refractivity contribution in [1.82, 2.24) is 0 Å². The summed E-state index contributed by atoms with van der Waals surface area (Å²) in [5.41, 5.74) is 6.82. The van der Waals surface area contributed by atoms with Gasteiger partial charge in [0, 0.05) is 6.54 Å². The van der Waals surface area contributed by atoms with E-state index in [4.69, 9.17) is 5.73 Å². The van der Waals surface area contributed by atoms with Crippen LogP contribution in [0.4, 0.5) is 0 Å². The Labute approximate surface area is 92.1 Å². The van der Waals surface area contributed by atoms with Gasteiger partial charge < -0.3 is 10.5 Å². The van der Waals surface area contributed by atoms with Crippen LogP contribution in [0.2, 0.25) is 0 Å². The molecule has 0 aromatic carbocycles. The van der Waals surface area contributed by atoms with Crippen molar-refractivity contribution < 1.29 is 9.53 Å². The van der Waals surface area contributed by atoms with Crippen LogP contribution in [0, 0.1) is 0 Å². The normalized spacial score (nSPS) is 15.8. The lowest BCUT2D eigenvalue weighted by Crippen LogP contribution is -2.14. The van der Waals surface area contributed by atoms with Crippen molar-refractivity contribution in [3.05, 3.63) is 33.7 Å². The SMILES string of the molecule is COC(=O)/C(=C/C1=CC=C(Br)[B]1)CN. The fourth-order valence-corrected chi connectivity index (χ4v) is 1.45. The molecule has 0 atom stereocenters. The molecule has 0 fully saturated rings. The van der Waals surface area contributed by atoms with Crippen molar-refractivity contribution >= 4 is 29.2 Å². The minimum absolute atomic E-state index is 0.176. The van der Waals surface area contributed by atoms with E-state index in [0.29, 0.717) is 5.57 Å². The second-order valence-electron chi connectivity index (χ2n) is 2.73. The Kier molecular flexibility index (Phi) is 4.16. The highest BCUT2D eigenvalue weighted by molar-refractivity contribution is 9.12. The number of carbonyl (C=O) groups excluding carboxylic acids is 1. The minimum atomic E-state index is -0.384. The van der Waals surface area contributed by atoms with E-state index in [1.807, 2.05) is 19.4 Å². The third kappa shape index (κ3) is 2.85. The Bertz CT molecular complexity index is 334. The molecule has 1 aliphatic heterocycles. The second kappa shape index (κ2) is 5.17. The lowest BCUT2D eigenvalue weighted by atomic mass is 9.72. The number of nitrogens with two attached hydrogens (primary N) is 1. The van der Waals surface area contributed by atoms with Gasteiger partial charge in [0.1, 0.15) is 0 Å². The molecule has 1 rings (SSSR count). The second-order valence-corrected chi connectivity index (χ2v) is 3.64. The van der Waals surface area contributed by atoms with E-state index in [-0.39, 0.29) is 12.5 Å². The van der Waals surface area contributed by atoms with Crippen molar-refractivity contribution in [3.8, 4) is 0 Å². The lowest BCUT2D eigenvalue weighted by Gasteiger charge is -2.02. The lowest BCUT2D eigenvalue weighted by molar-refractivity contribution is -0.136. The topological polar surface area (TPSA) is 52.3 Å². The highest BCUT2D eigenvalue weighted by Crippen LogP contribution is 2.17. The molecule has 2 N–H and O–H groups in total. The van der Waals surface area contributed by atoms with Gasteiger partial charge in [0.2, 0.25) is 7.28 Å². The average Bonchev–Trinajstić information content (AvgIpc) is 2.59. The summed E-state index contributed by atoms with van der Waals surface area (Å²) in [6.45, 7) is 0.176. The maximum absolute atomic E-state index is 11.2. The van der Waals surface area contributed by atoms with E-state index in [1.54, 1.807) is 6.08 Å². The number of methoxy groups -OCH3 is 1. The number of hydrogen-bond acceptors (Lipinski definition) is 3. The van der Waals surface area contributed by atoms with Gasteiger partial charge in [-0.15, -0.1) is 0 Å². The summed E-state index contributed by atoms with van der Waals surface area (Å²) in [6, 6.07) is 0. The van der Waals surface area contributed by atoms with E-state index in [1.165, 1.54) is 7.11 Å². The number of carbonyl (C=O) groups is 1. The molecular weight excluding hydrogens is 245 g/mol. The molecule has 0 aromatic heterocycles. The number of halogens is 1. The van der Waals surface area contributed by atoms with Crippen molar-refractivity contribution in [1.29, 1.82) is 0 Å². The summed E-state index contributed by atoms with van der Waals surface area (Å²) in [5, 5.41) is 0. The molecule has 0 spiro atoms. The first-order valence-corrected chi connectivity index (χ1v) is 4.88. The van der Waals surface area contributed by atoms with E-state index in [2.05, 4.69) is 20.7 Å². The van der Waals surface area contributed by atoms with Crippen LogP contribution in [0.15, 0.2) is 33.7 Å².